The molecular formula is C24H28BF3N6S. The van der Waals surface area contributed by atoms with E-state index in [1.807, 2.05) is 11.9 Å². The molecule has 0 amide bonds. The van der Waals surface area contributed by atoms with Gasteiger partial charge in [0.25, 0.3) is 0 Å². The molecule has 11 heteroatoms. The molecule has 1 fully saturated rings. The third-order valence-electron chi connectivity index (χ3n) is 6.04. The molecule has 1 aromatic carbocycles. The van der Waals surface area contributed by atoms with Gasteiger partial charge >= 0.3 is 0 Å². The predicted octanol–water partition coefficient (Wildman–Crippen LogP) is 4.52. The summed E-state index contributed by atoms with van der Waals surface area (Å²) in [5, 5.41) is 7.47. The fourth-order valence-corrected chi connectivity index (χ4v) is 4.63. The summed E-state index contributed by atoms with van der Waals surface area (Å²) in [6, 6.07) is 2.45. The predicted molar refractivity (Wildman–Crippen MR) is 138 cm³/mol. The number of thiol groups is 1. The van der Waals surface area contributed by atoms with Gasteiger partial charge in [0.2, 0.25) is 5.95 Å². The number of fused-ring (bicyclic) bond motifs is 1. The molecule has 3 heterocycles. The van der Waals surface area contributed by atoms with Gasteiger partial charge in [-0.05, 0) is 61.6 Å². The summed E-state index contributed by atoms with van der Waals surface area (Å²) >= 11 is 4.43. The molecule has 3 unspecified atom stereocenters. The minimum absolute atomic E-state index is 0.154. The summed E-state index contributed by atoms with van der Waals surface area (Å²) < 4.78 is 45.2. The van der Waals surface area contributed by atoms with Crippen LogP contribution in [-0.4, -0.2) is 70.6 Å². The normalized spacial score (nSPS) is 21.0. The first kappa shape index (κ1) is 25.6. The average molecular weight is 500 g/mol. The number of piperidine rings is 1. The van der Waals surface area contributed by atoms with Crippen LogP contribution in [0.3, 0.4) is 0 Å². The number of hydrogen-bond acceptors (Lipinski definition) is 6. The van der Waals surface area contributed by atoms with Gasteiger partial charge in [-0.3, -0.25) is 4.99 Å². The number of halogens is 3. The Hall–Kier alpha value is -2.53. The number of anilines is 1. The third-order valence-corrected chi connectivity index (χ3v) is 6.20. The Balaban J connectivity index is 1.84. The van der Waals surface area contributed by atoms with Gasteiger partial charge in [-0.25, -0.2) is 22.7 Å². The van der Waals surface area contributed by atoms with E-state index in [1.54, 1.807) is 26.8 Å². The molecule has 0 aliphatic carbocycles. The van der Waals surface area contributed by atoms with Crippen LogP contribution in [0.2, 0.25) is 0 Å². The maximum absolute atomic E-state index is 15.3. The van der Waals surface area contributed by atoms with Crippen molar-refractivity contribution >= 4 is 43.8 Å². The Morgan fingerprint density at radius 3 is 2.71 bits per heavy atom. The average Bonchev–Trinajstić information content (AvgIpc) is 3.07. The quantitative estimate of drug-likeness (QED) is 0.297. The second-order valence-electron chi connectivity index (χ2n) is 9.39. The minimum atomic E-state index is -1.10. The first-order chi connectivity index (χ1) is 16.5. The molecule has 6 nitrogen and oxygen atoms in total. The van der Waals surface area contributed by atoms with E-state index in [2.05, 4.69) is 33.0 Å². The van der Waals surface area contributed by atoms with E-state index in [9.17, 15) is 8.78 Å². The zero-order valence-corrected chi connectivity index (χ0v) is 21.1. The molecular weight excluding hydrogens is 472 g/mol. The van der Waals surface area contributed by atoms with Crippen LogP contribution in [0.1, 0.15) is 31.5 Å². The number of hydrogen-bond donors (Lipinski definition) is 2. The summed E-state index contributed by atoms with van der Waals surface area (Å²) in [6.45, 7) is 6.15. The topological polar surface area (TPSA) is 57.8 Å². The summed E-state index contributed by atoms with van der Waals surface area (Å²) in [6.07, 6.45) is 2.35. The van der Waals surface area contributed by atoms with Crippen molar-refractivity contribution in [1.29, 1.82) is 0 Å². The van der Waals surface area contributed by atoms with Crippen molar-refractivity contribution < 1.29 is 13.2 Å². The van der Waals surface area contributed by atoms with Gasteiger partial charge < -0.3 is 10.2 Å². The van der Waals surface area contributed by atoms with Gasteiger partial charge in [-0.2, -0.15) is 12.6 Å². The number of alkyl halides is 1. The molecule has 0 spiro atoms. The highest BCUT2D eigenvalue weighted by atomic mass is 32.1. The van der Waals surface area contributed by atoms with Gasteiger partial charge in [0, 0.05) is 24.9 Å². The second-order valence-corrected chi connectivity index (χ2v) is 10.4. The lowest BCUT2D eigenvalue weighted by molar-refractivity contribution is 0.149. The van der Waals surface area contributed by atoms with Crippen molar-refractivity contribution in [3.63, 3.8) is 0 Å². The molecule has 1 N–H and O–H groups in total. The molecule has 184 valence electrons. The fourth-order valence-electron chi connectivity index (χ4n) is 4.48. The van der Waals surface area contributed by atoms with Crippen LogP contribution in [0.5, 0.6) is 0 Å². The largest absolute Gasteiger partial charge is 0.347 e. The highest BCUT2D eigenvalue weighted by molar-refractivity contribution is 7.83. The summed E-state index contributed by atoms with van der Waals surface area (Å²) in [5.74, 6) is -0.991. The van der Waals surface area contributed by atoms with Crippen LogP contribution in [0.4, 0.5) is 24.8 Å². The first-order valence-corrected chi connectivity index (χ1v) is 11.9. The lowest BCUT2D eigenvalue weighted by Gasteiger charge is -2.32. The first-order valence-electron chi connectivity index (χ1n) is 11.4. The standard InChI is InChI=1S/C24H28BF3N6S/c1-5-29-21-13(2)8-14(9-15(21)26)20-17(28)12-34-22(20)19(10-24(3,25)35)31-23(32-34)30-18-6-7-33(4)11-16(18)27/h5,8-9,12,16,18,35H,6-7,10-11H2,1-4H3,(H,30,32). The highest BCUT2D eigenvalue weighted by Gasteiger charge is 2.29. The lowest BCUT2D eigenvalue weighted by Crippen LogP contribution is -2.46. The van der Waals surface area contributed by atoms with E-state index >= 15 is 4.39 Å². The SMILES string of the molecule is [B]C(C)(S)Cc1nc(NC2CCN(C)CC2F)nn2cc(F)c(-c3cc(C)c(N=CC)c(F)c3)c12. The molecule has 3 atom stereocenters. The Labute approximate surface area is 209 Å². The van der Waals surface area contributed by atoms with E-state index in [-0.39, 0.29) is 23.6 Å². The van der Waals surface area contributed by atoms with Crippen LogP contribution in [0, 0.1) is 18.6 Å². The second kappa shape index (κ2) is 9.85. The molecule has 1 aliphatic rings. The maximum Gasteiger partial charge on any atom is 0.241 e. The van der Waals surface area contributed by atoms with Crippen molar-refractivity contribution in [1.82, 2.24) is 19.5 Å². The third kappa shape index (κ3) is 5.51. The van der Waals surface area contributed by atoms with Crippen molar-refractivity contribution in [2.45, 2.75) is 50.5 Å². The number of nitrogens with zero attached hydrogens (tertiary/aromatic N) is 5. The summed E-state index contributed by atoms with van der Waals surface area (Å²) in [7, 11) is 8.04. The van der Waals surface area contributed by atoms with Crippen molar-refractivity contribution in [3.05, 3.63) is 41.2 Å². The number of aliphatic imine (C=N–C) groups is 1. The summed E-state index contributed by atoms with van der Waals surface area (Å²) in [4.78, 5) is 10.6. The smallest absolute Gasteiger partial charge is 0.241 e. The number of aromatic nitrogens is 3. The summed E-state index contributed by atoms with van der Waals surface area (Å²) in [5.41, 5.74) is 2.01. The van der Waals surface area contributed by atoms with E-state index in [1.165, 1.54) is 23.0 Å². The molecule has 1 aliphatic heterocycles. The number of nitrogens with one attached hydrogen (secondary N) is 1. The van der Waals surface area contributed by atoms with Crippen LogP contribution < -0.4 is 5.32 Å². The molecule has 2 radical (unpaired) electrons. The molecule has 0 saturated carbocycles. The molecule has 0 bridgehead atoms. The van der Waals surface area contributed by atoms with Crippen molar-refractivity contribution in [2.75, 3.05) is 25.5 Å². The Kier molecular flexibility index (Phi) is 7.19. The Bertz CT molecular complexity index is 1250. The van der Waals surface area contributed by atoms with Gasteiger partial charge in [0.15, 0.2) is 5.82 Å². The number of benzene rings is 1. The monoisotopic (exact) mass is 500 g/mol. The maximum atomic E-state index is 15.3. The van der Waals surface area contributed by atoms with Gasteiger partial charge in [-0.1, -0.05) is 6.92 Å². The lowest BCUT2D eigenvalue weighted by atomic mass is 9.83. The van der Waals surface area contributed by atoms with E-state index in [4.69, 9.17) is 7.85 Å². The molecule has 35 heavy (non-hydrogen) atoms. The molecule has 1 saturated heterocycles. The van der Waals surface area contributed by atoms with E-state index < -0.39 is 28.5 Å². The molecule has 4 rings (SSSR count). The minimum Gasteiger partial charge on any atom is -0.347 e. The van der Waals surface area contributed by atoms with E-state index in [0.717, 1.165) is 6.54 Å². The highest BCUT2D eigenvalue weighted by Crippen LogP contribution is 2.36. The fraction of sp³-hybridized carbons (Fsp3) is 0.458. The Morgan fingerprint density at radius 2 is 2.09 bits per heavy atom. The van der Waals surface area contributed by atoms with Crippen LogP contribution in [0.25, 0.3) is 16.6 Å². The van der Waals surface area contributed by atoms with Crippen molar-refractivity contribution in [3.8, 4) is 11.1 Å². The van der Waals surface area contributed by atoms with Gasteiger partial charge in [-0.15, -0.1) is 5.10 Å². The van der Waals surface area contributed by atoms with Crippen LogP contribution in [0.15, 0.2) is 23.3 Å². The zero-order valence-electron chi connectivity index (χ0n) is 20.2. The van der Waals surface area contributed by atoms with Gasteiger partial charge in [0.1, 0.15) is 17.7 Å². The Morgan fingerprint density at radius 1 is 1.34 bits per heavy atom. The number of likely N-dealkylation sites (tertiary alicyclic amines) is 1. The molecule has 2 aromatic heterocycles. The number of aryl methyl sites for hydroxylation is 1. The van der Waals surface area contributed by atoms with Crippen molar-refractivity contribution in [2.24, 2.45) is 4.99 Å². The van der Waals surface area contributed by atoms with Crippen LogP contribution >= 0.6 is 12.6 Å². The number of rotatable bonds is 6. The zero-order chi connectivity index (χ0) is 25.5. The molecule has 3 aromatic rings. The van der Waals surface area contributed by atoms with Crippen LogP contribution in [-0.2, 0) is 6.42 Å². The van der Waals surface area contributed by atoms with Gasteiger partial charge in [0.05, 0.1) is 31.3 Å². The van der Waals surface area contributed by atoms with E-state index in [0.29, 0.717) is 35.3 Å².